The van der Waals surface area contributed by atoms with Crippen LogP contribution in [0.4, 0.5) is 0 Å². The molecule has 148 valence electrons. The molecule has 0 atom stereocenters. The maximum absolute atomic E-state index is 12.7. The molecule has 29 heavy (non-hydrogen) atoms. The van der Waals surface area contributed by atoms with Crippen LogP contribution in [0, 0.1) is 0 Å². The van der Waals surface area contributed by atoms with Gasteiger partial charge in [-0.3, -0.25) is 4.79 Å². The fourth-order valence-electron chi connectivity index (χ4n) is 2.94. The molecule has 0 fully saturated rings. The minimum Gasteiger partial charge on any atom is -0.486 e. The van der Waals surface area contributed by atoms with Gasteiger partial charge in [0, 0.05) is 22.1 Å². The van der Waals surface area contributed by atoms with E-state index in [1.807, 2.05) is 54.6 Å². The quantitative estimate of drug-likeness (QED) is 0.563. The van der Waals surface area contributed by atoms with Crippen molar-refractivity contribution in [1.29, 1.82) is 0 Å². The van der Waals surface area contributed by atoms with E-state index in [-0.39, 0.29) is 5.91 Å². The molecule has 2 heterocycles. The number of carbonyl (C=O) groups excluding carboxylic acids is 1. The molecule has 1 amide bonds. The lowest BCUT2D eigenvalue weighted by atomic mass is 10.1. The molecule has 1 aromatic heterocycles. The number of hydrogen-bond donors (Lipinski definition) is 1. The zero-order valence-corrected chi connectivity index (χ0v) is 18.0. The molecule has 1 aliphatic rings. The number of amides is 1. The van der Waals surface area contributed by atoms with Crippen molar-refractivity contribution >= 4 is 33.6 Å². The van der Waals surface area contributed by atoms with Crippen LogP contribution in [0.5, 0.6) is 11.5 Å². The van der Waals surface area contributed by atoms with Gasteiger partial charge in [0.15, 0.2) is 11.5 Å². The summed E-state index contributed by atoms with van der Waals surface area (Å²) in [7, 11) is 0. The van der Waals surface area contributed by atoms with Gasteiger partial charge in [-0.1, -0.05) is 30.0 Å². The van der Waals surface area contributed by atoms with Crippen LogP contribution in [0.15, 0.2) is 75.2 Å². The summed E-state index contributed by atoms with van der Waals surface area (Å²) in [4.78, 5) is 18.0. The fraction of sp³-hybridized carbons (Fsp3) is 0.182. The van der Waals surface area contributed by atoms with Crippen LogP contribution >= 0.6 is 27.7 Å². The number of aromatic nitrogens is 1. The molecule has 5 nitrogen and oxygen atoms in total. The standard InChI is InChI=1S/C22H19BrN2O3S/c23-16-6-8-21(25-14-16)29-20-4-2-1-3-17(20)22(26)24-10-9-15-5-7-18-19(13-15)28-12-11-27-18/h1-8,13-14H,9-12H2,(H,24,26). The summed E-state index contributed by atoms with van der Waals surface area (Å²) in [6.45, 7) is 1.68. The zero-order valence-electron chi connectivity index (χ0n) is 15.6. The van der Waals surface area contributed by atoms with Crippen LogP contribution in [0.1, 0.15) is 15.9 Å². The molecule has 1 N–H and O–H groups in total. The highest BCUT2D eigenvalue weighted by Crippen LogP contribution is 2.31. The Morgan fingerprint density at radius 2 is 1.90 bits per heavy atom. The average molecular weight is 471 g/mol. The predicted molar refractivity (Wildman–Crippen MR) is 116 cm³/mol. The minimum atomic E-state index is -0.0947. The topological polar surface area (TPSA) is 60.5 Å². The van der Waals surface area contributed by atoms with E-state index < -0.39 is 0 Å². The minimum absolute atomic E-state index is 0.0947. The normalized spacial score (nSPS) is 12.4. The largest absolute Gasteiger partial charge is 0.486 e. The first-order valence-corrected chi connectivity index (χ1v) is 10.9. The highest BCUT2D eigenvalue weighted by Gasteiger charge is 2.14. The van der Waals surface area contributed by atoms with Gasteiger partial charge in [-0.15, -0.1) is 0 Å². The third-order valence-electron chi connectivity index (χ3n) is 4.35. The summed E-state index contributed by atoms with van der Waals surface area (Å²) >= 11 is 4.86. The molecule has 0 bridgehead atoms. The van der Waals surface area contributed by atoms with Crippen LogP contribution in [0.25, 0.3) is 0 Å². The van der Waals surface area contributed by atoms with Crippen LogP contribution in [0.2, 0.25) is 0 Å². The molecule has 3 aromatic rings. The number of hydrogen-bond acceptors (Lipinski definition) is 5. The van der Waals surface area contributed by atoms with E-state index in [2.05, 4.69) is 26.2 Å². The van der Waals surface area contributed by atoms with E-state index >= 15 is 0 Å². The first-order valence-electron chi connectivity index (χ1n) is 9.24. The van der Waals surface area contributed by atoms with E-state index in [1.165, 1.54) is 11.8 Å². The first-order chi connectivity index (χ1) is 14.2. The number of rotatable bonds is 6. The Kier molecular flexibility index (Phi) is 6.36. The summed E-state index contributed by atoms with van der Waals surface area (Å²) in [6, 6.07) is 17.3. The van der Waals surface area contributed by atoms with Crippen LogP contribution < -0.4 is 14.8 Å². The Morgan fingerprint density at radius 3 is 2.72 bits per heavy atom. The molecule has 1 aliphatic heterocycles. The monoisotopic (exact) mass is 470 g/mol. The van der Waals surface area contributed by atoms with E-state index in [4.69, 9.17) is 9.47 Å². The van der Waals surface area contributed by atoms with E-state index in [0.717, 1.165) is 31.5 Å². The SMILES string of the molecule is O=C(NCCc1ccc2c(c1)OCCO2)c1ccccc1Sc1ccc(Br)cn1. The lowest BCUT2D eigenvalue weighted by molar-refractivity contribution is 0.0951. The lowest BCUT2D eigenvalue weighted by Gasteiger charge is -2.19. The summed E-state index contributed by atoms with van der Waals surface area (Å²) in [6.07, 6.45) is 2.46. The Balaban J connectivity index is 1.38. The molecule has 2 aromatic carbocycles. The number of benzene rings is 2. The summed E-state index contributed by atoms with van der Waals surface area (Å²) in [5.41, 5.74) is 1.74. The van der Waals surface area contributed by atoms with Crippen molar-refractivity contribution in [3.05, 3.63) is 76.4 Å². The number of nitrogens with one attached hydrogen (secondary N) is 1. The number of halogens is 1. The van der Waals surface area contributed by atoms with Crippen molar-refractivity contribution in [2.24, 2.45) is 0 Å². The van der Waals surface area contributed by atoms with Gasteiger partial charge in [0.05, 0.1) is 5.56 Å². The summed E-state index contributed by atoms with van der Waals surface area (Å²) < 4.78 is 12.1. The fourth-order valence-corrected chi connectivity index (χ4v) is 4.06. The van der Waals surface area contributed by atoms with Gasteiger partial charge in [-0.25, -0.2) is 4.98 Å². The number of carbonyl (C=O) groups is 1. The van der Waals surface area contributed by atoms with Crippen molar-refractivity contribution in [1.82, 2.24) is 10.3 Å². The molecule has 7 heteroatoms. The van der Waals surface area contributed by atoms with Gasteiger partial charge in [0.1, 0.15) is 18.2 Å². The molecule has 0 saturated heterocycles. The van der Waals surface area contributed by atoms with E-state index in [1.54, 1.807) is 6.20 Å². The smallest absolute Gasteiger partial charge is 0.252 e. The van der Waals surface area contributed by atoms with E-state index in [0.29, 0.717) is 31.7 Å². The van der Waals surface area contributed by atoms with E-state index in [9.17, 15) is 4.79 Å². The third-order valence-corrected chi connectivity index (χ3v) is 5.85. The van der Waals surface area contributed by atoms with Crippen LogP contribution in [0.3, 0.4) is 0 Å². The Labute approximate surface area is 182 Å². The third kappa shape index (κ3) is 5.10. The molecule has 0 saturated carbocycles. The number of pyridine rings is 1. The van der Waals surface area contributed by atoms with Gasteiger partial charge in [0.2, 0.25) is 0 Å². The molecular formula is C22H19BrN2O3S. The first kappa shape index (κ1) is 19.8. The van der Waals surface area contributed by atoms with Gasteiger partial charge < -0.3 is 14.8 Å². The second kappa shape index (κ2) is 9.33. The zero-order chi connectivity index (χ0) is 20.1. The van der Waals surface area contributed by atoms with Crippen molar-refractivity contribution < 1.29 is 14.3 Å². The number of fused-ring (bicyclic) bond motifs is 1. The molecule has 0 aliphatic carbocycles. The van der Waals surface area contributed by atoms with Crippen molar-refractivity contribution in [3.63, 3.8) is 0 Å². The molecular weight excluding hydrogens is 452 g/mol. The maximum Gasteiger partial charge on any atom is 0.252 e. The van der Waals surface area contributed by atoms with Crippen molar-refractivity contribution in [2.75, 3.05) is 19.8 Å². The van der Waals surface area contributed by atoms with Crippen LogP contribution in [-0.4, -0.2) is 30.6 Å². The highest BCUT2D eigenvalue weighted by atomic mass is 79.9. The van der Waals surface area contributed by atoms with Crippen molar-refractivity contribution in [2.45, 2.75) is 16.3 Å². The Morgan fingerprint density at radius 1 is 1.07 bits per heavy atom. The van der Waals surface area contributed by atoms with Crippen LogP contribution in [-0.2, 0) is 6.42 Å². The molecule has 0 unspecified atom stereocenters. The molecule has 4 rings (SSSR count). The average Bonchev–Trinajstić information content (AvgIpc) is 2.75. The Hall–Kier alpha value is -2.51. The predicted octanol–water partition coefficient (Wildman–Crippen LogP) is 4.74. The number of ether oxygens (including phenoxy) is 2. The van der Waals surface area contributed by atoms with Crippen molar-refractivity contribution in [3.8, 4) is 11.5 Å². The van der Waals surface area contributed by atoms with Gasteiger partial charge in [0.25, 0.3) is 5.91 Å². The molecule has 0 radical (unpaired) electrons. The lowest BCUT2D eigenvalue weighted by Crippen LogP contribution is -2.26. The van der Waals surface area contributed by atoms with Gasteiger partial charge in [-0.05, 0) is 64.3 Å². The summed E-state index contributed by atoms with van der Waals surface area (Å²) in [5.74, 6) is 1.45. The second-order valence-electron chi connectivity index (χ2n) is 6.40. The molecule has 0 spiro atoms. The Bertz CT molecular complexity index is 1010. The summed E-state index contributed by atoms with van der Waals surface area (Å²) in [5, 5.41) is 3.85. The highest BCUT2D eigenvalue weighted by molar-refractivity contribution is 9.10. The van der Waals surface area contributed by atoms with Gasteiger partial charge in [-0.2, -0.15) is 0 Å². The second-order valence-corrected chi connectivity index (χ2v) is 8.37. The van der Waals surface area contributed by atoms with Gasteiger partial charge >= 0.3 is 0 Å². The maximum atomic E-state index is 12.7. The number of nitrogens with zero attached hydrogens (tertiary/aromatic N) is 1.